The number of carbonyl (C=O) groups excluding carboxylic acids is 1. The molecule has 1 aromatic carbocycles. The zero-order valence-corrected chi connectivity index (χ0v) is 17.4. The van der Waals surface area contributed by atoms with Gasteiger partial charge in [0, 0.05) is 36.8 Å². The number of rotatable bonds is 4. The van der Waals surface area contributed by atoms with Crippen LogP contribution in [-0.4, -0.2) is 57.3 Å². The lowest BCUT2D eigenvalue weighted by Gasteiger charge is -2.23. The van der Waals surface area contributed by atoms with E-state index < -0.39 is 5.97 Å². The summed E-state index contributed by atoms with van der Waals surface area (Å²) in [6.07, 6.45) is 5.51. The first-order valence-electron chi connectivity index (χ1n) is 9.78. The van der Waals surface area contributed by atoms with E-state index in [0.717, 1.165) is 23.8 Å². The Morgan fingerprint density at radius 1 is 1.35 bits per heavy atom. The fourth-order valence-corrected chi connectivity index (χ4v) is 4.52. The summed E-state index contributed by atoms with van der Waals surface area (Å²) in [5, 5.41) is 12.7. The number of nitrogens with zero attached hydrogens (tertiary/aromatic N) is 4. The van der Waals surface area contributed by atoms with Crippen LogP contribution in [0.5, 0.6) is 0 Å². The van der Waals surface area contributed by atoms with Crippen molar-refractivity contribution in [2.75, 3.05) is 24.2 Å². The third kappa shape index (κ3) is 3.52. The van der Waals surface area contributed by atoms with E-state index in [1.54, 1.807) is 6.20 Å². The van der Waals surface area contributed by atoms with E-state index in [9.17, 15) is 9.59 Å². The highest BCUT2D eigenvalue weighted by Gasteiger charge is 2.38. The average Bonchev–Trinajstić information content (AvgIpc) is 3.43. The number of fused-ring (bicyclic) bond motifs is 3. The molecule has 0 aliphatic carbocycles. The van der Waals surface area contributed by atoms with Crippen LogP contribution < -0.4 is 10.2 Å². The maximum atomic E-state index is 12.5. The number of nitrogens with one attached hydrogen (secondary N) is 1. The van der Waals surface area contributed by atoms with Crippen LogP contribution in [0.2, 0.25) is 0 Å². The van der Waals surface area contributed by atoms with Gasteiger partial charge < -0.3 is 19.7 Å². The van der Waals surface area contributed by atoms with E-state index in [1.165, 1.54) is 11.8 Å². The molecule has 10 heteroatoms. The van der Waals surface area contributed by atoms with Gasteiger partial charge in [0.2, 0.25) is 5.89 Å². The first-order valence-corrected chi connectivity index (χ1v) is 11.0. The molecule has 1 unspecified atom stereocenters. The average molecular weight is 437 g/mol. The molecule has 1 saturated heterocycles. The second kappa shape index (κ2) is 7.69. The van der Waals surface area contributed by atoms with Crippen LogP contribution in [0, 0.1) is 0 Å². The molecule has 0 saturated carbocycles. The molecule has 2 atom stereocenters. The number of aromatic carboxylic acids is 1. The molecule has 2 aromatic heterocycles. The van der Waals surface area contributed by atoms with Crippen LogP contribution in [0.4, 0.5) is 5.82 Å². The van der Waals surface area contributed by atoms with E-state index in [-0.39, 0.29) is 29.5 Å². The Labute approximate surface area is 181 Å². The minimum Gasteiger partial charge on any atom is -0.476 e. The molecule has 2 aliphatic heterocycles. The van der Waals surface area contributed by atoms with Crippen LogP contribution in [0.25, 0.3) is 11.5 Å². The Bertz CT molecular complexity index is 1180. The Morgan fingerprint density at radius 3 is 3.00 bits per heavy atom. The number of carboxylic acids is 1. The van der Waals surface area contributed by atoms with Gasteiger partial charge in [-0.25, -0.2) is 19.7 Å². The van der Waals surface area contributed by atoms with Crippen molar-refractivity contribution in [2.24, 2.45) is 0 Å². The smallest absolute Gasteiger partial charge is 0.357 e. The number of carbonyl (C=O) groups is 2. The van der Waals surface area contributed by atoms with Gasteiger partial charge in [-0.05, 0) is 30.4 Å². The van der Waals surface area contributed by atoms with E-state index in [1.807, 2.05) is 30.5 Å². The molecule has 9 nitrogen and oxygen atoms in total. The van der Waals surface area contributed by atoms with Crippen molar-refractivity contribution >= 4 is 29.5 Å². The fraction of sp³-hybridized carbons (Fsp3) is 0.286. The number of aromatic nitrogens is 3. The van der Waals surface area contributed by atoms with Gasteiger partial charge in [-0.2, -0.15) is 0 Å². The van der Waals surface area contributed by atoms with Gasteiger partial charge in [0.05, 0.1) is 0 Å². The third-order valence-electron chi connectivity index (χ3n) is 5.69. The summed E-state index contributed by atoms with van der Waals surface area (Å²) in [4.78, 5) is 38.7. The minimum atomic E-state index is -1.12. The highest BCUT2D eigenvalue weighted by atomic mass is 32.2. The monoisotopic (exact) mass is 437 g/mol. The summed E-state index contributed by atoms with van der Waals surface area (Å²) in [6, 6.07) is 7.93. The largest absolute Gasteiger partial charge is 0.476 e. The summed E-state index contributed by atoms with van der Waals surface area (Å²) < 4.78 is 5.36. The molecule has 31 heavy (non-hydrogen) atoms. The number of hydrogen-bond acceptors (Lipinski definition) is 8. The van der Waals surface area contributed by atoms with Crippen LogP contribution in [0.15, 0.2) is 46.3 Å². The lowest BCUT2D eigenvalue weighted by Crippen LogP contribution is -2.36. The van der Waals surface area contributed by atoms with Crippen molar-refractivity contribution in [3.8, 4) is 11.5 Å². The predicted molar refractivity (Wildman–Crippen MR) is 114 cm³/mol. The molecule has 0 spiro atoms. The fourth-order valence-electron chi connectivity index (χ4n) is 4.18. The molecule has 2 aliphatic rings. The highest BCUT2D eigenvalue weighted by molar-refractivity contribution is 7.98. The zero-order valence-electron chi connectivity index (χ0n) is 16.6. The predicted octanol–water partition coefficient (Wildman–Crippen LogP) is 2.66. The van der Waals surface area contributed by atoms with Crippen LogP contribution in [-0.2, 0) is 0 Å². The van der Waals surface area contributed by atoms with E-state index in [2.05, 4.69) is 25.2 Å². The van der Waals surface area contributed by atoms with Gasteiger partial charge >= 0.3 is 5.97 Å². The van der Waals surface area contributed by atoms with Gasteiger partial charge in [0.25, 0.3) is 5.91 Å². The molecular weight excluding hydrogens is 418 g/mol. The van der Waals surface area contributed by atoms with Gasteiger partial charge in [-0.3, -0.25) is 4.79 Å². The summed E-state index contributed by atoms with van der Waals surface area (Å²) in [7, 11) is 0. The third-order valence-corrected chi connectivity index (χ3v) is 6.25. The number of amides is 1. The van der Waals surface area contributed by atoms with Crippen LogP contribution in [0.1, 0.15) is 38.7 Å². The molecule has 2 N–H and O–H groups in total. The van der Waals surface area contributed by atoms with E-state index >= 15 is 0 Å². The first-order chi connectivity index (χ1) is 15.0. The number of hydrogen-bond donors (Lipinski definition) is 2. The summed E-state index contributed by atoms with van der Waals surface area (Å²) >= 11 is 1.44. The normalized spacial score (nSPS) is 20.0. The highest BCUT2D eigenvalue weighted by Crippen LogP contribution is 2.38. The minimum absolute atomic E-state index is 0.119. The maximum Gasteiger partial charge on any atom is 0.357 e. The lowest BCUT2D eigenvalue weighted by molar-refractivity contribution is 0.0690. The lowest BCUT2D eigenvalue weighted by atomic mass is 9.94. The zero-order chi connectivity index (χ0) is 21.5. The molecule has 1 amide bonds. The first kappa shape index (κ1) is 19.6. The number of benzene rings is 1. The number of oxazole rings is 1. The Balaban J connectivity index is 1.45. The van der Waals surface area contributed by atoms with E-state index in [0.29, 0.717) is 29.6 Å². The molecule has 0 bridgehead atoms. The second-order valence-electron chi connectivity index (χ2n) is 7.51. The molecule has 5 rings (SSSR count). The van der Waals surface area contributed by atoms with E-state index in [4.69, 9.17) is 9.52 Å². The van der Waals surface area contributed by atoms with Crippen molar-refractivity contribution in [1.82, 2.24) is 20.3 Å². The number of anilines is 1. The Hall–Kier alpha value is -3.40. The Kier molecular flexibility index (Phi) is 4.85. The molecule has 1 fully saturated rings. The topological polar surface area (TPSA) is 121 Å². The van der Waals surface area contributed by atoms with Gasteiger partial charge in [-0.15, -0.1) is 0 Å². The van der Waals surface area contributed by atoms with Gasteiger partial charge in [0.15, 0.2) is 10.9 Å². The van der Waals surface area contributed by atoms with Gasteiger partial charge in [-0.1, -0.05) is 23.9 Å². The van der Waals surface area contributed by atoms with Crippen LogP contribution in [0.3, 0.4) is 0 Å². The maximum absolute atomic E-state index is 12.5. The number of carboxylic acid groups (broad SMARTS) is 1. The standard InChI is InChI=1S/C21H19N5O4S/c1-31-21-23-8-15-17(25-21)26-9-13(6-14(26)7-22-18(15)27)11-3-2-4-12(5-11)19-24-16(10-30-19)20(28)29/h2-5,8,10,13-14H,6-7,9H2,1H3,(H,22,27)(H,28,29)/t13?,14-/m0/s1. The molecule has 0 radical (unpaired) electrons. The number of thioether (sulfide) groups is 1. The van der Waals surface area contributed by atoms with Gasteiger partial charge in [0.1, 0.15) is 17.6 Å². The molecule has 4 heterocycles. The van der Waals surface area contributed by atoms with Crippen molar-refractivity contribution in [1.29, 1.82) is 0 Å². The molecule has 3 aromatic rings. The molecule has 158 valence electrons. The SMILES string of the molecule is CSc1ncc2c(n1)N1CC(c3cccc(-c4nc(C(=O)O)co4)c3)C[C@H]1CNC2=O. The quantitative estimate of drug-likeness (QED) is 0.468. The summed E-state index contributed by atoms with van der Waals surface area (Å²) in [5.74, 6) is -0.0936. The second-order valence-corrected chi connectivity index (χ2v) is 8.28. The summed E-state index contributed by atoms with van der Waals surface area (Å²) in [6.45, 7) is 1.26. The van der Waals surface area contributed by atoms with Crippen molar-refractivity contribution in [2.45, 2.75) is 23.5 Å². The Morgan fingerprint density at radius 2 is 2.23 bits per heavy atom. The molecular formula is C21H19N5O4S. The van der Waals surface area contributed by atoms with Crippen LogP contribution >= 0.6 is 11.8 Å². The summed E-state index contributed by atoms with van der Waals surface area (Å²) in [5.41, 5.74) is 2.21. The van der Waals surface area contributed by atoms with Crippen molar-refractivity contribution in [3.05, 3.63) is 53.5 Å². The van der Waals surface area contributed by atoms with Crippen molar-refractivity contribution in [3.63, 3.8) is 0 Å². The van der Waals surface area contributed by atoms with Crippen molar-refractivity contribution < 1.29 is 19.1 Å².